The van der Waals surface area contributed by atoms with E-state index in [-0.39, 0.29) is 5.69 Å². The Kier molecular flexibility index (Phi) is 3.64. The number of anilines is 1. The second-order valence-electron chi connectivity index (χ2n) is 4.26. The van der Waals surface area contributed by atoms with Gasteiger partial charge in [-0.3, -0.25) is 19.9 Å². The van der Waals surface area contributed by atoms with E-state index in [1.54, 1.807) is 13.8 Å². The molecule has 112 valence electrons. The lowest BCUT2D eigenvalue weighted by molar-refractivity contribution is -0.390. The number of aryl methyl sites for hydroxylation is 2. The van der Waals surface area contributed by atoms with Gasteiger partial charge in [-0.25, -0.2) is 8.42 Å². The summed E-state index contributed by atoms with van der Waals surface area (Å²) in [7, 11) is -4.32. The number of nitrogens with one attached hydrogen (secondary N) is 2. The molecule has 0 saturated carbocycles. The fourth-order valence-corrected chi connectivity index (χ4v) is 3.14. The summed E-state index contributed by atoms with van der Waals surface area (Å²) in [5.74, 6) is -1.22. The maximum absolute atomic E-state index is 13.5. The van der Waals surface area contributed by atoms with E-state index in [1.807, 2.05) is 0 Å². The van der Waals surface area contributed by atoms with Gasteiger partial charge in [0.1, 0.15) is 0 Å². The molecular weight excluding hydrogens is 303 g/mol. The average Bonchev–Trinajstić information content (AvgIpc) is 2.69. The van der Waals surface area contributed by atoms with Gasteiger partial charge in [0.25, 0.3) is 10.0 Å². The lowest BCUT2D eigenvalue weighted by atomic mass is 10.3. The van der Waals surface area contributed by atoms with Crippen molar-refractivity contribution in [2.24, 2.45) is 0 Å². The van der Waals surface area contributed by atoms with E-state index in [0.29, 0.717) is 11.4 Å². The zero-order valence-corrected chi connectivity index (χ0v) is 11.9. The molecule has 21 heavy (non-hydrogen) atoms. The molecule has 2 aromatic rings. The highest BCUT2D eigenvalue weighted by Crippen LogP contribution is 2.29. The van der Waals surface area contributed by atoms with Crippen LogP contribution < -0.4 is 4.72 Å². The lowest BCUT2D eigenvalue weighted by Gasteiger charge is -2.08. The Morgan fingerprint density at radius 1 is 1.38 bits per heavy atom. The number of hydrogen-bond donors (Lipinski definition) is 2. The van der Waals surface area contributed by atoms with Crippen LogP contribution in [0.4, 0.5) is 15.8 Å². The van der Waals surface area contributed by atoms with Crippen LogP contribution in [0.5, 0.6) is 0 Å². The topological polar surface area (TPSA) is 118 Å². The summed E-state index contributed by atoms with van der Waals surface area (Å²) >= 11 is 0. The molecule has 0 amide bonds. The molecule has 0 aliphatic heterocycles. The Hall–Kier alpha value is -2.49. The van der Waals surface area contributed by atoms with Crippen LogP contribution in [0.1, 0.15) is 11.4 Å². The molecule has 0 aliphatic carbocycles. The van der Waals surface area contributed by atoms with Crippen LogP contribution in [0, 0.1) is 29.8 Å². The van der Waals surface area contributed by atoms with Crippen molar-refractivity contribution >= 4 is 21.4 Å². The van der Waals surface area contributed by atoms with Crippen molar-refractivity contribution in [2.45, 2.75) is 18.7 Å². The summed E-state index contributed by atoms with van der Waals surface area (Å²) in [6, 6.07) is 2.88. The van der Waals surface area contributed by atoms with Crippen LogP contribution in [-0.2, 0) is 10.0 Å². The molecule has 0 spiro atoms. The van der Waals surface area contributed by atoms with Crippen LogP contribution in [0.25, 0.3) is 0 Å². The molecule has 0 atom stereocenters. The van der Waals surface area contributed by atoms with Gasteiger partial charge in [-0.2, -0.15) is 9.49 Å². The fraction of sp³-hybridized carbons (Fsp3) is 0.182. The first-order valence-electron chi connectivity index (χ1n) is 5.71. The normalized spacial score (nSPS) is 11.4. The number of halogens is 1. The van der Waals surface area contributed by atoms with Crippen molar-refractivity contribution in [3.05, 3.63) is 45.5 Å². The van der Waals surface area contributed by atoms with E-state index < -0.39 is 31.3 Å². The van der Waals surface area contributed by atoms with Gasteiger partial charge in [0.05, 0.1) is 22.0 Å². The van der Waals surface area contributed by atoms with Crippen molar-refractivity contribution in [1.29, 1.82) is 0 Å². The molecule has 0 unspecified atom stereocenters. The number of rotatable bonds is 4. The third-order valence-electron chi connectivity index (χ3n) is 2.79. The quantitative estimate of drug-likeness (QED) is 0.659. The molecule has 1 aromatic heterocycles. The predicted octanol–water partition coefficient (Wildman–Crippen LogP) is 1.87. The summed E-state index contributed by atoms with van der Waals surface area (Å²) < 4.78 is 40.2. The van der Waals surface area contributed by atoms with Crippen LogP contribution in [-0.4, -0.2) is 23.5 Å². The molecule has 10 heteroatoms. The number of nitro benzene ring substituents is 1. The van der Waals surface area contributed by atoms with Gasteiger partial charge in [-0.15, -0.1) is 0 Å². The van der Waals surface area contributed by atoms with Crippen molar-refractivity contribution in [3.8, 4) is 0 Å². The Morgan fingerprint density at radius 2 is 2.05 bits per heavy atom. The van der Waals surface area contributed by atoms with Crippen molar-refractivity contribution in [2.75, 3.05) is 4.72 Å². The summed E-state index contributed by atoms with van der Waals surface area (Å²) in [6.45, 7) is 3.14. The van der Waals surface area contributed by atoms with Gasteiger partial charge in [0, 0.05) is 0 Å². The van der Waals surface area contributed by atoms with E-state index in [9.17, 15) is 22.9 Å². The number of sulfonamides is 1. The summed E-state index contributed by atoms with van der Waals surface area (Å²) in [6.07, 6.45) is 0. The Bertz CT molecular complexity index is 796. The van der Waals surface area contributed by atoms with Gasteiger partial charge >= 0.3 is 5.69 Å². The largest absolute Gasteiger partial charge is 0.325 e. The fourth-order valence-electron chi connectivity index (χ4n) is 1.78. The van der Waals surface area contributed by atoms with Crippen molar-refractivity contribution in [1.82, 2.24) is 10.2 Å². The van der Waals surface area contributed by atoms with Gasteiger partial charge in [0.2, 0.25) is 5.82 Å². The lowest BCUT2D eigenvalue weighted by Crippen LogP contribution is -2.16. The number of nitro groups is 1. The van der Waals surface area contributed by atoms with Gasteiger partial charge in [-0.1, -0.05) is 6.07 Å². The highest BCUT2D eigenvalue weighted by molar-refractivity contribution is 7.92. The third kappa shape index (κ3) is 2.70. The van der Waals surface area contributed by atoms with Crippen LogP contribution in [0.3, 0.4) is 0 Å². The first-order chi connectivity index (χ1) is 9.74. The zero-order valence-electron chi connectivity index (χ0n) is 11.0. The molecule has 0 radical (unpaired) electrons. The molecule has 1 heterocycles. The van der Waals surface area contributed by atoms with Gasteiger partial charge in [0.15, 0.2) is 4.90 Å². The molecule has 2 rings (SSSR count). The predicted molar refractivity (Wildman–Crippen MR) is 71.9 cm³/mol. The number of aromatic nitrogens is 2. The second-order valence-corrected chi connectivity index (χ2v) is 5.91. The Balaban J connectivity index is 2.56. The molecule has 8 nitrogen and oxygen atoms in total. The summed E-state index contributed by atoms with van der Waals surface area (Å²) in [5.41, 5.74) is -0.109. The minimum atomic E-state index is -4.32. The SMILES string of the molecule is Cc1n[nH]c(C)c1NS(=O)(=O)c1cccc(F)c1[N+](=O)[O-]. The molecule has 0 aliphatic rings. The minimum absolute atomic E-state index is 0.175. The Labute approximate surface area is 119 Å². The highest BCUT2D eigenvalue weighted by atomic mass is 32.2. The minimum Gasteiger partial charge on any atom is -0.280 e. The first kappa shape index (κ1) is 14.9. The molecule has 0 bridgehead atoms. The standard InChI is InChI=1S/C11H11FN4O4S/c1-6-10(7(2)14-13-6)15-21(19,20)9-5-3-4-8(12)11(9)16(17)18/h3-5,15H,1-2H3,(H,13,14). The van der Waals surface area contributed by atoms with E-state index in [1.165, 1.54) is 0 Å². The summed E-state index contributed by atoms with van der Waals surface area (Å²) in [4.78, 5) is 9.07. The smallest absolute Gasteiger partial charge is 0.280 e. The number of para-hydroxylation sites is 1. The number of nitrogens with zero attached hydrogens (tertiary/aromatic N) is 2. The summed E-state index contributed by atoms with van der Waals surface area (Å²) in [5, 5.41) is 17.3. The van der Waals surface area contributed by atoms with E-state index in [4.69, 9.17) is 0 Å². The molecule has 1 aromatic carbocycles. The molecule has 2 N–H and O–H groups in total. The second kappa shape index (κ2) is 5.13. The third-order valence-corrected chi connectivity index (χ3v) is 4.17. The van der Waals surface area contributed by atoms with Crippen LogP contribution in [0.2, 0.25) is 0 Å². The van der Waals surface area contributed by atoms with Crippen LogP contribution >= 0.6 is 0 Å². The van der Waals surface area contributed by atoms with Crippen LogP contribution in [0.15, 0.2) is 23.1 Å². The van der Waals surface area contributed by atoms with Crippen molar-refractivity contribution in [3.63, 3.8) is 0 Å². The van der Waals surface area contributed by atoms with E-state index >= 15 is 0 Å². The van der Waals surface area contributed by atoms with Gasteiger partial charge < -0.3 is 0 Å². The van der Waals surface area contributed by atoms with E-state index in [0.717, 1.165) is 18.2 Å². The number of hydrogen-bond acceptors (Lipinski definition) is 5. The molecule has 0 saturated heterocycles. The monoisotopic (exact) mass is 314 g/mol. The zero-order chi connectivity index (χ0) is 15.8. The average molecular weight is 314 g/mol. The number of H-pyrrole nitrogens is 1. The van der Waals surface area contributed by atoms with E-state index in [2.05, 4.69) is 14.9 Å². The maximum atomic E-state index is 13.5. The Morgan fingerprint density at radius 3 is 2.57 bits per heavy atom. The number of aromatic amines is 1. The maximum Gasteiger partial charge on any atom is 0.325 e. The number of benzene rings is 1. The first-order valence-corrected chi connectivity index (χ1v) is 7.19. The molecular formula is C11H11FN4O4S. The highest BCUT2D eigenvalue weighted by Gasteiger charge is 2.30. The van der Waals surface area contributed by atoms with Gasteiger partial charge in [-0.05, 0) is 26.0 Å². The molecule has 0 fully saturated rings. The van der Waals surface area contributed by atoms with Crippen molar-refractivity contribution < 1.29 is 17.7 Å².